The number of rotatable bonds is 6. The van der Waals surface area contributed by atoms with Gasteiger partial charge in [-0.3, -0.25) is 14.5 Å². The smallest absolute Gasteiger partial charge is 0.244 e. The molecule has 3 rings (SSSR count). The SMILES string of the molecule is Cc1cc(-c2cccnc2)nn1CCNC(=O)C=Cc1ccco1. The van der Waals surface area contributed by atoms with Gasteiger partial charge in [0.1, 0.15) is 5.76 Å². The van der Waals surface area contributed by atoms with Crippen molar-refractivity contribution < 1.29 is 9.21 Å². The molecule has 1 amide bonds. The van der Waals surface area contributed by atoms with Crippen LogP contribution in [0.3, 0.4) is 0 Å². The maximum atomic E-state index is 11.8. The number of nitrogens with one attached hydrogen (secondary N) is 1. The average molecular weight is 322 g/mol. The van der Waals surface area contributed by atoms with E-state index in [1.165, 1.54) is 6.08 Å². The molecule has 3 heterocycles. The van der Waals surface area contributed by atoms with Gasteiger partial charge in [-0.2, -0.15) is 5.10 Å². The molecule has 122 valence electrons. The van der Waals surface area contributed by atoms with Crippen LogP contribution in [-0.4, -0.2) is 27.2 Å². The van der Waals surface area contributed by atoms with Crippen molar-refractivity contribution in [3.63, 3.8) is 0 Å². The fourth-order valence-electron chi connectivity index (χ4n) is 2.28. The number of hydrogen-bond donors (Lipinski definition) is 1. The van der Waals surface area contributed by atoms with E-state index in [2.05, 4.69) is 15.4 Å². The number of pyridine rings is 1. The summed E-state index contributed by atoms with van der Waals surface area (Å²) in [4.78, 5) is 15.9. The van der Waals surface area contributed by atoms with E-state index in [0.29, 0.717) is 18.8 Å². The van der Waals surface area contributed by atoms with Crippen LogP contribution in [0.5, 0.6) is 0 Å². The van der Waals surface area contributed by atoms with E-state index in [0.717, 1.165) is 17.0 Å². The monoisotopic (exact) mass is 322 g/mol. The Kier molecular flexibility index (Phi) is 4.86. The van der Waals surface area contributed by atoms with E-state index >= 15 is 0 Å². The number of carbonyl (C=O) groups excluding carboxylic acids is 1. The number of amides is 1. The average Bonchev–Trinajstić information content (AvgIpc) is 3.24. The number of aromatic nitrogens is 3. The van der Waals surface area contributed by atoms with Gasteiger partial charge in [0.25, 0.3) is 0 Å². The van der Waals surface area contributed by atoms with Gasteiger partial charge >= 0.3 is 0 Å². The first-order valence-electron chi connectivity index (χ1n) is 7.66. The van der Waals surface area contributed by atoms with Crippen LogP contribution in [0.2, 0.25) is 0 Å². The zero-order chi connectivity index (χ0) is 16.8. The summed E-state index contributed by atoms with van der Waals surface area (Å²) >= 11 is 0. The molecule has 1 N–H and O–H groups in total. The summed E-state index contributed by atoms with van der Waals surface area (Å²) in [7, 11) is 0. The standard InChI is InChI=1S/C18H18N4O2/c1-14-12-17(15-4-2-8-19-13-15)21-22(14)10-9-20-18(23)7-6-16-5-3-11-24-16/h2-8,11-13H,9-10H2,1H3,(H,20,23). The van der Waals surface area contributed by atoms with Crippen molar-refractivity contribution in [1.82, 2.24) is 20.1 Å². The van der Waals surface area contributed by atoms with Crippen LogP contribution < -0.4 is 5.32 Å². The summed E-state index contributed by atoms with van der Waals surface area (Å²) in [5.74, 6) is 0.484. The van der Waals surface area contributed by atoms with E-state index < -0.39 is 0 Å². The maximum absolute atomic E-state index is 11.8. The highest BCUT2D eigenvalue weighted by Gasteiger charge is 2.06. The molecule has 0 unspecified atom stereocenters. The highest BCUT2D eigenvalue weighted by atomic mass is 16.3. The number of hydrogen-bond acceptors (Lipinski definition) is 4. The van der Waals surface area contributed by atoms with E-state index in [-0.39, 0.29) is 5.91 Å². The summed E-state index contributed by atoms with van der Waals surface area (Å²) in [5, 5.41) is 7.39. The summed E-state index contributed by atoms with van der Waals surface area (Å²) in [6.07, 6.45) is 8.18. The number of carbonyl (C=O) groups is 1. The summed E-state index contributed by atoms with van der Waals surface area (Å²) in [6.45, 7) is 3.09. The first-order chi connectivity index (χ1) is 11.7. The third-order valence-electron chi connectivity index (χ3n) is 3.50. The Labute approximate surface area is 139 Å². The van der Waals surface area contributed by atoms with Gasteiger partial charge < -0.3 is 9.73 Å². The largest absolute Gasteiger partial charge is 0.465 e. The lowest BCUT2D eigenvalue weighted by molar-refractivity contribution is -0.116. The van der Waals surface area contributed by atoms with Crippen molar-refractivity contribution in [2.45, 2.75) is 13.5 Å². The molecule has 0 aliphatic heterocycles. The molecule has 3 aromatic heterocycles. The molecule has 6 heteroatoms. The van der Waals surface area contributed by atoms with Crippen molar-refractivity contribution in [2.24, 2.45) is 0 Å². The predicted molar refractivity (Wildman–Crippen MR) is 90.9 cm³/mol. The molecule has 0 atom stereocenters. The van der Waals surface area contributed by atoms with Gasteiger partial charge in [0.15, 0.2) is 0 Å². The van der Waals surface area contributed by atoms with Crippen molar-refractivity contribution in [3.05, 3.63) is 66.5 Å². The highest BCUT2D eigenvalue weighted by Crippen LogP contribution is 2.17. The Bertz CT molecular complexity index is 820. The summed E-state index contributed by atoms with van der Waals surface area (Å²) in [6, 6.07) is 9.43. The molecule has 0 radical (unpaired) electrons. The molecule has 0 aliphatic carbocycles. The fourth-order valence-corrected chi connectivity index (χ4v) is 2.28. The minimum atomic E-state index is -0.163. The van der Waals surface area contributed by atoms with Gasteiger partial charge in [0.05, 0.1) is 18.5 Å². The Morgan fingerprint density at radius 3 is 3.04 bits per heavy atom. The van der Waals surface area contributed by atoms with Gasteiger partial charge in [-0.25, -0.2) is 0 Å². The number of furan rings is 1. The van der Waals surface area contributed by atoms with Crippen LogP contribution in [0.1, 0.15) is 11.5 Å². The lowest BCUT2D eigenvalue weighted by Crippen LogP contribution is -2.26. The molecule has 6 nitrogen and oxygen atoms in total. The second-order valence-corrected chi connectivity index (χ2v) is 5.28. The Morgan fingerprint density at radius 2 is 2.29 bits per heavy atom. The van der Waals surface area contributed by atoms with Crippen molar-refractivity contribution in [2.75, 3.05) is 6.54 Å². The zero-order valence-corrected chi connectivity index (χ0v) is 13.3. The van der Waals surface area contributed by atoms with Crippen molar-refractivity contribution >= 4 is 12.0 Å². The highest BCUT2D eigenvalue weighted by molar-refractivity contribution is 5.91. The van der Waals surface area contributed by atoms with Crippen molar-refractivity contribution in [3.8, 4) is 11.3 Å². The normalized spacial score (nSPS) is 11.0. The summed E-state index contributed by atoms with van der Waals surface area (Å²) < 4.78 is 7.01. The first kappa shape index (κ1) is 15.7. The minimum absolute atomic E-state index is 0.163. The molecule has 3 aromatic rings. The van der Waals surface area contributed by atoms with Crippen LogP contribution in [0.25, 0.3) is 17.3 Å². The Balaban J connectivity index is 1.53. The fraction of sp³-hybridized carbons (Fsp3) is 0.167. The van der Waals surface area contributed by atoms with Crippen LogP contribution >= 0.6 is 0 Å². The van der Waals surface area contributed by atoms with Gasteiger partial charge in [0, 0.05) is 36.3 Å². The van der Waals surface area contributed by atoms with Crippen LogP contribution in [0.15, 0.2) is 59.5 Å². The quantitative estimate of drug-likeness (QED) is 0.708. The molecule has 0 saturated heterocycles. The molecular formula is C18H18N4O2. The lowest BCUT2D eigenvalue weighted by Gasteiger charge is -2.05. The lowest BCUT2D eigenvalue weighted by atomic mass is 10.2. The second kappa shape index (κ2) is 7.41. The van der Waals surface area contributed by atoms with E-state index in [4.69, 9.17) is 4.42 Å². The molecule has 0 fully saturated rings. The van der Waals surface area contributed by atoms with E-state index in [1.807, 2.05) is 29.8 Å². The third-order valence-corrected chi connectivity index (χ3v) is 3.50. The van der Waals surface area contributed by atoms with Crippen LogP contribution in [0.4, 0.5) is 0 Å². The van der Waals surface area contributed by atoms with Crippen LogP contribution in [0, 0.1) is 6.92 Å². The van der Waals surface area contributed by atoms with Crippen molar-refractivity contribution in [1.29, 1.82) is 0 Å². The van der Waals surface area contributed by atoms with Gasteiger partial charge in [-0.1, -0.05) is 0 Å². The molecule has 0 bridgehead atoms. The topological polar surface area (TPSA) is 73.0 Å². The minimum Gasteiger partial charge on any atom is -0.465 e. The molecule has 0 aromatic carbocycles. The van der Waals surface area contributed by atoms with Gasteiger partial charge in [-0.05, 0) is 43.3 Å². The Hall–Kier alpha value is -3.15. The summed E-state index contributed by atoms with van der Waals surface area (Å²) in [5.41, 5.74) is 2.89. The van der Waals surface area contributed by atoms with Gasteiger partial charge in [0.2, 0.25) is 5.91 Å². The van der Waals surface area contributed by atoms with Gasteiger partial charge in [-0.15, -0.1) is 0 Å². The second-order valence-electron chi connectivity index (χ2n) is 5.28. The van der Waals surface area contributed by atoms with Crippen LogP contribution in [-0.2, 0) is 11.3 Å². The predicted octanol–water partition coefficient (Wildman–Crippen LogP) is 2.68. The molecule has 24 heavy (non-hydrogen) atoms. The number of nitrogens with zero attached hydrogens (tertiary/aromatic N) is 3. The third kappa shape index (κ3) is 3.98. The molecule has 0 saturated carbocycles. The zero-order valence-electron chi connectivity index (χ0n) is 13.3. The Morgan fingerprint density at radius 1 is 1.38 bits per heavy atom. The number of aryl methyl sites for hydroxylation is 1. The maximum Gasteiger partial charge on any atom is 0.244 e. The molecule has 0 spiro atoms. The molecule has 0 aliphatic rings. The first-order valence-corrected chi connectivity index (χ1v) is 7.66. The molecular weight excluding hydrogens is 304 g/mol. The van der Waals surface area contributed by atoms with E-state index in [9.17, 15) is 4.79 Å². The van der Waals surface area contributed by atoms with E-state index in [1.54, 1.807) is 36.9 Å².